The monoisotopic (exact) mass is 388 g/mol. The minimum Gasteiger partial charge on any atom is -0.453 e. The van der Waals surface area contributed by atoms with Crippen LogP contribution in [0.3, 0.4) is 0 Å². The van der Waals surface area contributed by atoms with Gasteiger partial charge in [-0.05, 0) is 30.2 Å². The molecule has 0 radical (unpaired) electrons. The quantitative estimate of drug-likeness (QED) is 0.787. The number of hydrogen-bond donors (Lipinski definition) is 1. The van der Waals surface area contributed by atoms with E-state index in [1.165, 1.54) is 19.2 Å². The van der Waals surface area contributed by atoms with Crippen LogP contribution in [-0.4, -0.2) is 19.0 Å². The van der Waals surface area contributed by atoms with E-state index in [2.05, 4.69) is 0 Å². The molecule has 0 saturated heterocycles. The van der Waals surface area contributed by atoms with Crippen LogP contribution in [-0.2, 0) is 17.4 Å². The third-order valence-electron chi connectivity index (χ3n) is 4.05. The van der Waals surface area contributed by atoms with Gasteiger partial charge in [-0.1, -0.05) is 17.7 Å². The van der Waals surface area contributed by atoms with Gasteiger partial charge in [-0.15, -0.1) is 0 Å². The van der Waals surface area contributed by atoms with Crippen molar-refractivity contribution < 1.29 is 27.1 Å². The predicted molar refractivity (Wildman–Crippen MR) is 88.0 cm³/mol. The number of amides is 1. The number of halogens is 5. The molecule has 1 aliphatic rings. The Kier molecular flexibility index (Phi) is 4.58. The summed E-state index contributed by atoms with van der Waals surface area (Å²) in [5, 5.41) is -0.0707. The molecule has 0 fully saturated rings. The summed E-state index contributed by atoms with van der Waals surface area (Å²) in [6.07, 6.45) is -4.70. The van der Waals surface area contributed by atoms with Crippen LogP contribution in [0.5, 0.6) is 11.5 Å². The number of hydrogen-bond acceptors (Lipinski definition) is 3. The molecule has 4 nitrogen and oxygen atoms in total. The van der Waals surface area contributed by atoms with Gasteiger partial charge in [-0.3, -0.25) is 4.79 Å². The second-order valence-electron chi connectivity index (χ2n) is 5.83. The van der Waals surface area contributed by atoms with E-state index in [1.807, 2.05) is 0 Å². The molecule has 1 aliphatic heterocycles. The van der Waals surface area contributed by atoms with Gasteiger partial charge in [-0.2, -0.15) is 13.2 Å². The maximum absolute atomic E-state index is 13.5. The summed E-state index contributed by atoms with van der Waals surface area (Å²) in [6.45, 7) is 0. The Morgan fingerprint density at radius 1 is 1.27 bits per heavy atom. The maximum atomic E-state index is 13.5. The average Bonchev–Trinajstić information content (AvgIpc) is 2.55. The number of benzene rings is 2. The van der Waals surface area contributed by atoms with E-state index in [-0.39, 0.29) is 22.9 Å². The van der Waals surface area contributed by atoms with Crippen molar-refractivity contribution in [2.45, 2.75) is 18.6 Å². The van der Waals surface area contributed by atoms with Crippen molar-refractivity contribution in [2.24, 2.45) is 5.73 Å². The minimum absolute atomic E-state index is 0.0594. The summed E-state index contributed by atoms with van der Waals surface area (Å²) in [7, 11) is 1.31. The van der Waals surface area contributed by atoms with Gasteiger partial charge < -0.3 is 15.4 Å². The molecule has 0 aromatic heterocycles. The molecule has 0 saturated carbocycles. The molecule has 0 spiro atoms. The highest BCUT2D eigenvalue weighted by Gasteiger charge is 2.40. The highest BCUT2D eigenvalue weighted by molar-refractivity contribution is 6.32. The Labute approximate surface area is 151 Å². The van der Waals surface area contributed by atoms with Gasteiger partial charge in [0.25, 0.3) is 0 Å². The molecular formula is C17H13ClF4N2O2. The predicted octanol–water partition coefficient (Wildman–Crippen LogP) is 4.14. The topological polar surface area (TPSA) is 55.6 Å². The van der Waals surface area contributed by atoms with Crippen molar-refractivity contribution in [2.75, 3.05) is 11.9 Å². The molecule has 1 amide bonds. The number of fused-ring (bicyclic) bond motifs is 1. The summed E-state index contributed by atoms with van der Waals surface area (Å²) in [5.74, 6) is -2.19. The van der Waals surface area contributed by atoms with Crippen molar-refractivity contribution in [3.63, 3.8) is 0 Å². The number of carbonyl (C=O) groups is 1. The van der Waals surface area contributed by atoms with Gasteiger partial charge in [0.05, 0.1) is 16.8 Å². The lowest BCUT2D eigenvalue weighted by molar-refractivity contribution is -0.138. The summed E-state index contributed by atoms with van der Waals surface area (Å²) < 4.78 is 59.3. The van der Waals surface area contributed by atoms with Gasteiger partial charge in [0.15, 0.2) is 5.75 Å². The first-order valence-corrected chi connectivity index (χ1v) is 7.86. The van der Waals surface area contributed by atoms with Gasteiger partial charge in [-0.25, -0.2) is 4.39 Å². The fourth-order valence-corrected chi connectivity index (χ4v) is 2.98. The van der Waals surface area contributed by atoms with Crippen molar-refractivity contribution in [1.82, 2.24) is 0 Å². The standard InChI is InChI=1S/C17H13ClF4N2O2/c1-24-14-8(6-12(23)16(24)25)2-4-10(17(20,21)22)15(14)26-13-7-9(19)3-5-11(13)18/h2-5,7,12H,6,23H2,1H3/t12-/m1/s1. The Bertz CT molecular complexity index is 886. The maximum Gasteiger partial charge on any atom is 0.420 e. The van der Waals surface area contributed by atoms with Crippen molar-refractivity contribution in [3.8, 4) is 11.5 Å². The first-order valence-electron chi connectivity index (χ1n) is 7.48. The summed E-state index contributed by atoms with van der Waals surface area (Å²) in [5.41, 5.74) is 4.97. The zero-order valence-corrected chi connectivity index (χ0v) is 14.2. The first-order chi connectivity index (χ1) is 12.1. The zero-order chi connectivity index (χ0) is 19.2. The highest BCUT2D eigenvalue weighted by atomic mass is 35.5. The average molecular weight is 389 g/mol. The van der Waals surface area contributed by atoms with Crippen LogP contribution < -0.4 is 15.4 Å². The molecule has 1 atom stereocenters. The number of nitrogens with two attached hydrogens (primary N) is 1. The summed E-state index contributed by atoms with van der Waals surface area (Å²) in [4.78, 5) is 13.2. The Balaban J connectivity index is 2.23. The molecule has 2 N–H and O–H groups in total. The van der Waals surface area contributed by atoms with Gasteiger partial charge in [0.2, 0.25) is 5.91 Å². The van der Waals surface area contributed by atoms with Crippen molar-refractivity contribution in [1.29, 1.82) is 0 Å². The molecule has 138 valence electrons. The molecule has 0 aliphatic carbocycles. The number of alkyl halides is 3. The molecule has 26 heavy (non-hydrogen) atoms. The third-order valence-corrected chi connectivity index (χ3v) is 4.36. The molecule has 1 heterocycles. The van der Waals surface area contributed by atoms with E-state index >= 15 is 0 Å². The van der Waals surface area contributed by atoms with E-state index < -0.39 is 35.3 Å². The van der Waals surface area contributed by atoms with Crippen LogP contribution in [0.1, 0.15) is 11.1 Å². The van der Waals surface area contributed by atoms with Gasteiger partial charge >= 0.3 is 6.18 Å². The molecule has 2 aromatic carbocycles. The van der Waals surface area contributed by atoms with E-state index in [1.54, 1.807) is 0 Å². The zero-order valence-electron chi connectivity index (χ0n) is 13.4. The molecule has 0 unspecified atom stereocenters. The Morgan fingerprint density at radius 3 is 2.62 bits per heavy atom. The Hall–Kier alpha value is -2.32. The second-order valence-corrected chi connectivity index (χ2v) is 6.24. The fraction of sp³-hybridized carbons (Fsp3) is 0.235. The van der Waals surface area contributed by atoms with Crippen LogP contribution in [0.4, 0.5) is 23.2 Å². The van der Waals surface area contributed by atoms with Crippen LogP contribution in [0.25, 0.3) is 0 Å². The van der Waals surface area contributed by atoms with Crippen LogP contribution in [0, 0.1) is 5.82 Å². The van der Waals surface area contributed by atoms with E-state index in [0.717, 1.165) is 23.1 Å². The largest absolute Gasteiger partial charge is 0.453 e. The SMILES string of the molecule is CN1C(=O)[C@H](N)Cc2ccc(C(F)(F)F)c(Oc3cc(F)ccc3Cl)c21. The lowest BCUT2D eigenvalue weighted by Crippen LogP contribution is -2.47. The van der Waals surface area contributed by atoms with E-state index in [4.69, 9.17) is 22.1 Å². The number of nitrogens with zero attached hydrogens (tertiary/aromatic N) is 1. The van der Waals surface area contributed by atoms with Crippen LogP contribution in [0.2, 0.25) is 5.02 Å². The Morgan fingerprint density at radius 2 is 1.96 bits per heavy atom. The smallest absolute Gasteiger partial charge is 0.420 e. The lowest BCUT2D eigenvalue weighted by Gasteiger charge is -2.32. The number of rotatable bonds is 2. The summed E-state index contributed by atoms with van der Waals surface area (Å²) >= 11 is 5.91. The number of likely N-dealkylation sites (N-methyl/N-ethyl adjacent to an activating group) is 1. The lowest BCUT2D eigenvalue weighted by atomic mass is 9.95. The van der Waals surface area contributed by atoms with Crippen LogP contribution in [0.15, 0.2) is 30.3 Å². The molecule has 2 aromatic rings. The minimum atomic E-state index is -4.76. The van der Waals surface area contributed by atoms with Gasteiger partial charge in [0, 0.05) is 13.1 Å². The molecular weight excluding hydrogens is 376 g/mol. The van der Waals surface area contributed by atoms with E-state index in [9.17, 15) is 22.4 Å². The van der Waals surface area contributed by atoms with Crippen molar-refractivity contribution in [3.05, 3.63) is 52.3 Å². The number of ether oxygens (including phenoxy) is 1. The number of anilines is 1. The normalized spacial score (nSPS) is 17.3. The number of carbonyl (C=O) groups excluding carboxylic acids is 1. The molecule has 9 heteroatoms. The van der Waals surface area contributed by atoms with E-state index in [0.29, 0.717) is 5.56 Å². The van der Waals surface area contributed by atoms with Gasteiger partial charge in [0.1, 0.15) is 17.1 Å². The molecule has 0 bridgehead atoms. The fourth-order valence-electron chi connectivity index (χ4n) is 2.82. The van der Waals surface area contributed by atoms with Crippen LogP contribution >= 0.6 is 11.6 Å². The molecule has 3 rings (SSSR count). The first kappa shape index (κ1) is 18.5. The summed E-state index contributed by atoms with van der Waals surface area (Å²) in [6, 6.07) is 4.32. The third kappa shape index (κ3) is 3.22. The van der Waals surface area contributed by atoms with Crippen molar-refractivity contribution >= 4 is 23.2 Å². The second kappa shape index (κ2) is 6.44. The highest BCUT2D eigenvalue weighted by Crippen LogP contribution is 2.47.